The zero-order valence-corrected chi connectivity index (χ0v) is 10.6. The molecule has 1 aliphatic rings. The molecule has 2 aromatic rings. The highest BCUT2D eigenvalue weighted by Gasteiger charge is 2.22. The van der Waals surface area contributed by atoms with E-state index in [0.29, 0.717) is 0 Å². The number of benzene rings is 2. The van der Waals surface area contributed by atoms with Crippen LogP contribution < -0.4 is 10.2 Å². The van der Waals surface area contributed by atoms with E-state index in [1.165, 1.54) is 16.5 Å². The predicted molar refractivity (Wildman–Crippen MR) is 75.0 cm³/mol. The first kappa shape index (κ1) is 11.5. The van der Waals surface area contributed by atoms with Gasteiger partial charge in [0, 0.05) is 37.8 Å². The number of nitrogens with one attached hydrogen (secondary N) is 1. The summed E-state index contributed by atoms with van der Waals surface area (Å²) in [6.45, 7) is 2.86. The van der Waals surface area contributed by atoms with Gasteiger partial charge >= 0.3 is 0 Å². The first-order chi connectivity index (χ1) is 8.90. The highest BCUT2D eigenvalue weighted by molar-refractivity contribution is 5.94. The normalized spacial score (nSPS) is 20.3. The van der Waals surface area contributed by atoms with E-state index in [1.807, 2.05) is 0 Å². The third-order valence-corrected chi connectivity index (χ3v) is 3.54. The Morgan fingerprint density at radius 1 is 1.17 bits per heavy atom. The van der Waals surface area contributed by atoms with E-state index in [1.54, 1.807) is 7.11 Å². The fourth-order valence-corrected chi connectivity index (χ4v) is 2.62. The lowest BCUT2D eigenvalue weighted by Gasteiger charge is -2.37. The summed E-state index contributed by atoms with van der Waals surface area (Å²) in [5.74, 6) is 0. The van der Waals surface area contributed by atoms with Crippen LogP contribution in [0.2, 0.25) is 0 Å². The summed E-state index contributed by atoms with van der Waals surface area (Å²) in [7, 11) is 1.77. The smallest absolute Gasteiger partial charge is 0.142 e. The molecule has 2 aromatic carbocycles. The maximum Gasteiger partial charge on any atom is 0.142 e. The standard InChI is InChI=1S/C15H18N2O/c1-18-15-11-16-9-10-17(15)14-8-4-6-12-5-2-3-7-13(12)14/h2-8,15-16H,9-11H2,1H3. The van der Waals surface area contributed by atoms with Crippen LogP contribution in [0.1, 0.15) is 0 Å². The molecule has 1 aliphatic heterocycles. The topological polar surface area (TPSA) is 24.5 Å². The lowest BCUT2D eigenvalue weighted by atomic mass is 10.1. The predicted octanol–water partition coefficient (Wildman–Crippen LogP) is 2.22. The van der Waals surface area contributed by atoms with Gasteiger partial charge in [-0.15, -0.1) is 0 Å². The van der Waals surface area contributed by atoms with Crippen LogP contribution >= 0.6 is 0 Å². The van der Waals surface area contributed by atoms with E-state index >= 15 is 0 Å². The molecule has 0 saturated carbocycles. The van der Waals surface area contributed by atoms with Crippen LogP contribution in [-0.4, -0.2) is 33.0 Å². The second-order valence-corrected chi connectivity index (χ2v) is 4.59. The summed E-state index contributed by atoms with van der Waals surface area (Å²) < 4.78 is 5.57. The van der Waals surface area contributed by atoms with Gasteiger partial charge in [0.1, 0.15) is 6.23 Å². The highest BCUT2D eigenvalue weighted by Crippen LogP contribution is 2.28. The van der Waals surface area contributed by atoms with Crippen LogP contribution in [-0.2, 0) is 4.74 Å². The molecule has 0 aromatic heterocycles. The quantitative estimate of drug-likeness (QED) is 0.874. The number of nitrogens with zero attached hydrogens (tertiary/aromatic N) is 1. The second kappa shape index (κ2) is 4.96. The molecule has 1 atom stereocenters. The van der Waals surface area contributed by atoms with Crippen LogP contribution in [0.25, 0.3) is 10.8 Å². The van der Waals surface area contributed by atoms with Crippen molar-refractivity contribution >= 4 is 16.5 Å². The molecular weight excluding hydrogens is 224 g/mol. The third-order valence-electron chi connectivity index (χ3n) is 3.54. The average molecular weight is 242 g/mol. The monoisotopic (exact) mass is 242 g/mol. The Hall–Kier alpha value is -1.58. The Labute approximate surface area is 107 Å². The lowest BCUT2D eigenvalue weighted by Crippen LogP contribution is -2.52. The molecular formula is C15H18N2O. The minimum atomic E-state index is 0.115. The lowest BCUT2D eigenvalue weighted by molar-refractivity contribution is 0.0884. The van der Waals surface area contributed by atoms with Crippen molar-refractivity contribution in [3.8, 4) is 0 Å². The van der Waals surface area contributed by atoms with Gasteiger partial charge in [0.15, 0.2) is 0 Å². The van der Waals surface area contributed by atoms with Crippen molar-refractivity contribution in [2.45, 2.75) is 6.23 Å². The number of anilines is 1. The molecule has 3 heteroatoms. The number of fused-ring (bicyclic) bond motifs is 1. The molecule has 0 bridgehead atoms. The molecule has 3 rings (SSSR count). The van der Waals surface area contributed by atoms with Crippen molar-refractivity contribution in [3.63, 3.8) is 0 Å². The molecule has 0 aliphatic carbocycles. The molecule has 0 radical (unpaired) electrons. The molecule has 18 heavy (non-hydrogen) atoms. The summed E-state index contributed by atoms with van der Waals surface area (Å²) in [6.07, 6.45) is 0.115. The molecule has 1 saturated heterocycles. The van der Waals surface area contributed by atoms with Gasteiger partial charge in [0.25, 0.3) is 0 Å². The van der Waals surface area contributed by atoms with Crippen LogP contribution in [0.3, 0.4) is 0 Å². The van der Waals surface area contributed by atoms with E-state index in [9.17, 15) is 0 Å². The maximum atomic E-state index is 5.57. The van der Waals surface area contributed by atoms with Gasteiger partial charge in [-0.3, -0.25) is 0 Å². The van der Waals surface area contributed by atoms with Crippen LogP contribution in [0.5, 0.6) is 0 Å². The first-order valence-corrected chi connectivity index (χ1v) is 6.38. The molecule has 0 amide bonds. The molecule has 1 fully saturated rings. The van der Waals surface area contributed by atoms with E-state index in [-0.39, 0.29) is 6.23 Å². The van der Waals surface area contributed by atoms with E-state index in [2.05, 4.69) is 52.7 Å². The van der Waals surface area contributed by atoms with Crippen molar-refractivity contribution in [2.24, 2.45) is 0 Å². The van der Waals surface area contributed by atoms with Crippen LogP contribution in [0.15, 0.2) is 42.5 Å². The Morgan fingerprint density at radius 2 is 2.00 bits per heavy atom. The van der Waals surface area contributed by atoms with Crippen LogP contribution in [0, 0.1) is 0 Å². The van der Waals surface area contributed by atoms with Crippen molar-refractivity contribution in [2.75, 3.05) is 31.6 Å². The summed E-state index contributed by atoms with van der Waals surface area (Å²) >= 11 is 0. The molecule has 1 heterocycles. The number of piperazine rings is 1. The third kappa shape index (κ3) is 1.96. The maximum absolute atomic E-state index is 5.57. The Morgan fingerprint density at radius 3 is 2.89 bits per heavy atom. The zero-order chi connectivity index (χ0) is 12.4. The van der Waals surface area contributed by atoms with Crippen molar-refractivity contribution in [3.05, 3.63) is 42.5 Å². The van der Waals surface area contributed by atoms with Gasteiger partial charge < -0.3 is 15.0 Å². The largest absolute Gasteiger partial charge is 0.360 e. The van der Waals surface area contributed by atoms with E-state index in [4.69, 9.17) is 4.74 Å². The summed E-state index contributed by atoms with van der Waals surface area (Å²) in [5, 5.41) is 5.94. The minimum absolute atomic E-state index is 0.115. The Kier molecular flexibility index (Phi) is 3.17. The van der Waals surface area contributed by atoms with E-state index < -0.39 is 0 Å². The number of methoxy groups -OCH3 is 1. The van der Waals surface area contributed by atoms with Crippen molar-refractivity contribution in [1.29, 1.82) is 0 Å². The summed E-state index contributed by atoms with van der Waals surface area (Å²) in [6, 6.07) is 15.0. The van der Waals surface area contributed by atoms with Crippen molar-refractivity contribution < 1.29 is 4.74 Å². The molecule has 1 unspecified atom stereocenters. The minimum Gasteiger partial charge on any atom is -0.360 e. The zero-order valence-electron chi connectivity index (χ0n) is 10.6. The Bertz CT molecular complexity index is 536. The first-order valence-electron chi connectivity index (χ1n) is 6.38. The molecule has 3 nitrogen and oxygen atoms in total. The molecule has 94 valence electrons. The number of rotatable bonds is 2. The number of ether oxygens (including phenoxy) is 1. The number of hydrogen-bond acceptors (Lipinski definition) is 3. The van der Waals surface area contributed by atoms with Gasteiger partial charge in [0.2, 0.25) is 0 Å². The van der Waals surface area contributed by atoms with Gasteiger partial charge in [0.05, 0.1) is 0 Å². The van der Waals surface area contributed by atoms with Crippen molar-refractivity contribution in [1.82, 2.24) is 5.32 Å². The highest BCUT2D eigenvalue weighted by atomic mass is 16.5. The molecule has 0 spiro atoms. The van der Waals surface area contributed by atoms with Gasteiger partial charge in [-0.25, -0.2) is 0 Å². The average Bonchev–Trinajstić information content (AvgIpc) is 2.46. The summed E-state index contributed by atoms with van der Waals surface area (Å²) in [5.41, 5.74) is 1.27. The van der Waals surface area contributed by atoms with Gasteiger partial charge in [-0.2, -0.15) is 0 Å². The second-order valence-electron chi connectivity index (χ2n) is 4.59. The number of hydrogen-bond donors (Lipinski definition) is 1. The van der Waals surface area contributed by atoms with Gasteiger partial charge in [-0.1, -0.05) is 36.4 Å². The molecule has 1 N–H and O–H groups in total. The Balaban J connectivity index is 2.07. The summed E-state index contributed by atoms with van der Waals surface area (Å²) in [4.78, 5) is 2.35. The fourth-order valence-electron chi connectivity index (χ4n) is 2.62. The fraction of sp³-hybridized carbons (Fsp3) is 0.333. The van der Waals surface area contributed by atoms with E-state index in [0.717, 1.165) is 19.6 Å². The van der Waals surface area contributed by atoms with Crippen LogP contribution in [0.4, 0.5) is 5.69 Å². The SMILES string of the molecule is COC1CNCCN1c1cccc2ccccc12. The van der Waals surface area contributed by atoms with Gasteiger partial charge in [-0.05, 0) is 11.5 Å².